The van der Waals surface area contributed by atoms with Gasteiger partial charge < -0.3 is 9.80 Å². The van der Waals surface area contributed by atoms with E-state index < -0.39 is 0 Å². The van der Waals surface area contributed by atoms with Gasteiger partial charge in [-0.1, -0.05) is 240 Å². The Morgan fingerprint density at radius 2 is 0.455 bits per heavy atom. The number of benzene rings is 10. The van der Waals surface area contributed by atoms with Crippen LogP contribution in [0.1, 0.15) is 0 Å². The molecule has 0 fully saturated rings. The van der Waals surface area contributed by atoms with E-state index in [0.29, 0.717) is 0 Å². The smallest absolute Gasteiger partial charge is 0.247 e. The highest BCUT2D eigenvalue weighted by molar-refractivity contribution is 7.04. The van der Waals surface area contributed by atoms with Crippen LogP contribution in [0, 0.1) is 0 Å². The Balaban J connectivity index is 0.986. The van der Waals surface area contributed by atoms with Crippen LogP contribution in [0.5, 0.6) is 0 Å². The van der Waals surface area contributed by atoms with Crippen molar-refractivity contribution in [2.45, 2.75) is 0 Å². The van der Waals surface area contributed by atoms with Crippen LogP contribution in [0.15, 0.2) is 243 Å². The van der Waals surface area contributed by atoms with Gasteiger partial charge in [-0.05, 0) is 79.1 Å². The second-order valence-electron chi connectivity index (χ2n) is 18.2. The minimum Gasteiger partial charge on any atom is -0.313 e. The van der Waals surface area contributed by atoms with Crippen molar-refractivity contribution in [1.82, 2.24) is 0 Å². The lowest BCUT2D eigenvalue weighted by Crippen LogP contribution is -2.65. The highest BCUT2D eigenvalue weighted by atomic mass is 15.2. The Labute approximate surface area is 388 Å². The van der Waals surface area contributed by atoms with Crippen molar-refractivity contribution in [3.8, 4) is 11.1 Å². The number of hydrogen-bond acceptors (Lipinski definition) is 2. The lowest BCUT2D eigenvalue weighted by molar-refractivity contribution is 1.30. The van der Waals surface area contributed by atoms with Crippen molar-refractivity contribution in [1.29, 1.82) is 0 Å². The zero-order valence-corrected chi connectivity index (χ0v) is 36.3. The van der Waals surface area contributed by atoms with Crippen LogP contribution in [0.2, 0.25) is 0 Å². The predicted molar refractivity (Wildman–Crippen MR) is 286 cm³/mol. The van der Waals surface area contributed by atoms with Gasteiger partial charge in [0.1, 0.15) is 0 Å². The van der Waals surface area contributed by atoms with Crippen LogP contribution in [-0.4, -0.2) is 26.9 Å². The van der Waals surface area contributed by atoms with Crippen molar-refractivity contribution in [2.24, 2.45) is 0 Å². The molecule has 0 aromatic heterocycles. The van der Waals surface area contributed by atoms with Gasteiger partial charge in [0.15, 0.2) is 0 Å². The summed E-state index contributed by atoms with van der Waals surface area (Å²) in [5.74, 6) is 0. The van der Waals surface area contributed by atoms with E-state index in [2.05, 4.69) is 252 Å². The molecular weight excluding hydrogens is 792 g/mol. The zero-order valence-electron chi connectivity index (χ0n) is 36.3. The SMILES string of the molecule is c1ccc(B2c3ccccc3N3c4ccccc4B(c4ccccc4-c4ccccc4B4c5ccccc5N5c6ccccc6B(c6ccccc6)c6cccc4c65)c4cccc2c43)cc1. The van der Waals surface area contributed by atoms with Crippen molar-refractivity contribution in [3.05, 3.63) is 243 Å². The van der Waals surface area contributed by atoms with Gasteiger partial charge in [-0.15, -0.1) is 0 Å². The van der Waals surface area contributed by atoms with Gasteiger partial charge in [0, 0.05) is 34.1 Å². The van der Waals surface area contributed by atoms with E-state index in [1.54, 1.807) is 0 Å². The molecule has 0 spiro atoms. The van der Waals surface area contributed by atoms with E-state index in [9.17, 15) is 0 Å². The largest absolute Gasteiger partial charge is 0.313 e. The fraction of sp³-hybridized carbons (Fsp3) is 0. The van der Waals surface area contributed by atoms with Crippen LogP contribution < -0.4 is 75.4 Å². The number of para-hydroxylation sites is 6. The molecule has 0 radical (unpaired) electrons. The Kier molecular flexibility index (Phi) is 8.40. The van der Waals surface area contributed by atoms with E-state index in [1.807, 2.05) is 0 Å². The monoisotopic (exact) mass is 832 g/mol. The van der Waals surface area contributed by atoms with Crippen LogP contribution >= 0.6 is 0 Å². The standard InChI is InChI=1S/C60H40B4N2/c1-3-21-41(22-4-1)61-47-29-11-15-37-55(47)65-57-39-17-13-31-49(57)63(53-35-19-33-51(61)59(53)65)45-27-9-7-25-43(45)44-26-8-10-28-46(44)64-50-32-14-18-40-58(50)66-56-38-16-12-30-48(56)62(42-23-5-2-6-24-42)52-34-20-36-54(64)60(52)66/h1-40H. The quantitative estimate of drug-likeness (QED) is 0.209. The Hall–Kier alpha value is -7.94. The summed E-state index contributed by atoms with van der Waals surface area (Å²) in [7, 11) is 0. The first-order valence-electron chi connectivity index (χ1n) is 23.3. The third kappa shape index (κ3) is 5.36. The van der Waals surface area contributed by atoms with E-state index in [0.717, 1.165) is 0 Å². The van der Waals surface area contributed by atoms with Crippen molar-refractivity contribution in [2.75, 3.05) is 9.80 Å². The molecule has 0 bridgehead atoms. The van der Waals surface area contributed by atoms with Gasteiger partial charge in [-0.2, -0.15) is 0 Å². The molecule has 66 heavy (non-hydrogen) atoms. The molecular formula is C60H40B4N2. The minimum absolute atomic E-state index is 0.0000856. The van der Waals surface area contributed by atoms with Crippen LogP contribution in [0.3, 0.4) is 0 Å². The first-order valence-corrected chi connectivity index (χ1v) is 23.3. The van der Waals surface area contributed by atoms with E-state index in [-0.39, 0.29) is 26.9 Å². The molecule has 302 valence electrons. The van der Waals surface area contributed by atoms with Crippen LogP contribution in [0.25, 0.3) is 11.1 Å². The van der Waals surface area contributed by atoms with Crippen molar-refractivity contribution < 1.29 is 0 Å². The summed E-state index contributed by atoms with van der Waals surface area (Å²) in [5.41, 5.74) is 26.1. The normalized spacial score (nSPS) is 13.6. The maximum atomic E-state index is 2.56. The number of hydrogen-bond donors (Lipinski definition) is 0. The molecule has 0 saturated heterocycles. The summed E-state index contributed by atoms with van der Waals surface area (Å²) in [4.78, 5) is 5.12. The van der Waals surface area contributed by atoms with Gasteiger partial charge in [-0.3, -0.25) is 0 Å². The summed E-state index contributed by atoms with van der Waals surface area (Å²) in [6.45, 7) is 0.235. The molecule has 0 aliphatic carbocycles. The van der Waals surface area contributed by atoms with E-state index in [1.165, 1.54) is 111 Å². The molecule has 14 rings (SSSR count). The van der Waals surface area contributed by atoms with Gasteiger partial charge >= 0.3 is 0 Å². The lowest BCUT2D eigenvalue weighted by atomic mass is 9.29. The van der Waals surface area contributed by atoms with Gasteiger partial charge in [0.05, 0.1) is 0 Å². The second kappa shape index (κ2) is 14.8. The van der Waals surface area contributed by atoms with Crippen LogP contribution in [0.4, 0.5) is 34.1 Å². The van der Waals surface area contributed by atoms with Gasteiger partial charge in [0.2, 0.25) is 26.9 Å². The predicted octanol–water partition coefficient (Wildman–Crippen LogP) is 5.61. The summed E-state index contributed by atoms with van der Waals surface area (Å²) < 4.78 is 0. The third-order valence-electron chi connectivity index (χ3n) is 14.9. The zero-order chi connectivity index (χ0) is 43.3. The summed E-state index contributed by atoms with van der Waals surface area (Å²) in [5, 5.41) is 0. The molecule has 0 atom stereocenters. The molecule has 0 amide bonds. The maximum absolute atomic E-state index is 2.56. The minimum atomic E-state index is 0.0000856. The molecule has 6 heteroatoms. The molecule has 0 unspecified atom stereocenters. The first kappa shape index (κ1) is 37.4. The maximum Gasteiger partial charge on any atom is 0.247 e. The van der Waals surface area contributed by atoms with Crippen LogP contribution in [-0.2, 0) is 0 Å². The molecule has 10 aromatic rings. The summed E-state index contributed by atoms with van der Waals surface area (Å²) >= 11 is 0. The second-order valence-corrected chi connectivity index (χ2v) is 18.2. The van der Waals surface area contributed by atoms with Crippen molar-refractivity contribution >= 4 is 127 Å². The van der Waals surface area contributed by atoms with Gasteiger partial charge in [-0.25, -0.2) is 0 Å². The molecule has 0 saturated carbocycles. The first-order chi connectivity index (χ1) is 32.8. The highest BCUT2D eigenvalue weighted by Gasteiger charge is 2.46. The molecule has 4 aliphatic heterocycles. The molecule has 2 nitrogen and oxygen atoms in total. The summed E-state index contributed by atoms with van der Waals surface area (Å²) in [6.07, 6.45) is 0. The number of nitrogens with zero attached hydrogens (tertiary/aromatic N) is 2. The number of rotatable bonds is 5. The fourth-order valence-electron chi connectivity index (χ4n) is 12.4. The average molecular weight is 832 g/mol. The third-order valence-corrected chi connectivity index (χ3v) is 14.9. The fourth-order valence-corrected chi connectivity index (χ4v) is 12.4. The Morgan fingerprint density at radius 3 is 0.818 bits per heavy atom. The average Bonchev–Trinajstić information content (AvgIpc) is 3.39. The topological polar surface area (TPSA) is 6.48 Å². The molecule has 4 heterocycles. The summed E-state index contributed by atoms with van der Waals surface area (Å²) in [6, 6.07) is 91.2. The number of anilines is 6. The van der Waals surface area contributed by atoms with E-state index >= 15 is 0 Å². The highest BCUT2D eigenvalue weighted by Crippen LogP contribution is 2.39. The molecule has 0 N–H and O–H groups in total. The van der Waals surface area contributed by atoms with Crippen molar-refractivity contribution in [3.63, 3.8) is 0 Å². The van der Waals surface area contributed by atoms with E-state index in [4.69, 9.17) is 0 Å². The number of fused-ring (bicyclic) bond motifs is 8. The Morgan fingerprint density at radius 1 is 0.197 bits per heavy atom. The Bertz CT molecular complexity index is 3320. The van der Waals surface area contributed by atoms with Gasteiger partial charge in [0.25, 0.3) is 0 Å². The molecule has 10 aromatic carbocycles. The molecule has 4 aliphatic rings. The lowest BCUT2D eigenvalue weighted by Gasteiger charge is -2.44.